The highest BCUT2D eigenvalue weighted by atomic mass is 32.2. The van der Waals surface area contributed by atoms with Crippen molar-refractivity contribution in [2.24, 2.45) is 0 Å². The lowest BCUT2D eigenvalue weighted by molar-refractivity contribution is 0.101. The molecule has 5 heteroatoms. The topological polar surface area (TPSA) is 55.7 Å². The van der Waals surface area contributed by atoms with E-state index >= 15 is 0 Å². The molecule has 0 spiro atoms. The Morgan fingerprint density at radius 3 is 2.76 bits per heavy atom. The Morgan fingerprint density at radius 1 is 1.24 bits per heavy atom. The van der Waals surface area contributed by atoms with Crippen LogP contribution in [0.2, 0.25) is 0 Å². The summed E-state index contributed by atoms with van der Waals surface area (Å²) in [6.07, 6.45) is 3.35. The molecule has 0 aliphatic rings. The summed E-state index contributed by atoms with van der Waals surface area (Å²) in [5, 5.41) is 1.25. The average molecular weight is 245 g/mol. The summed E-state index contributed by atoms with van der Waals surface area (Å²) in [6.45, 7) is 3.42. The zero-order valence-electron chi connectivity index (χ0n) is 9.54. The number of hydrogen-bond acceptors (Lipinski definition) is 5. The van der Waals surface area contributed by atoms with Crippen LogP contribution in [0.15, 0.2) is 40.8 Å². The Bertz CT molecular complexity index is 557. The quantitative estimate of drug-likeness (QED) is 0.614. The van der Waals surface area contributed by atoms with Gasteiger partial charge in [-0.2, -0.15) is 0 Å². The van der Waals surface area contributed by atoms with Gasteiger partial charge in [0.25, 0.3) is 0 Å². The van der Waals surface area contributed by atoms with Crippen LogP contribution in [0.3, 0.4) is 0 Å². The third-order valence-corrected chi connectivity index (χ3v) is 3.01. The van der Waals surface area contributed by atoms with Crippen LogP contribution in [0, 0.1) is 6.92 Å². The van der Waals surface area contributed by atoms with E-state index in [-0.39, 0.29) is 5.78 Å². The van der Waals surface area contributed by atoms with E-state index in [0.717, 1.165) is 5.69 Å². The second kappa shape index (κ2) is 5.05. The van der Waals surface area contributed by atoms with E-state index in [2.05, 4.69) is 15.0 Å². The standard InChI is InChI=1S/C12H11N3OS/c1-8-5-7-14-12(15-8)17-11-10(9(2)16)4-3-6-13-11/h3-7H,1-2H3. The summed E-state index contributed by atoms with van der Waals surface area (Å²) in [6, 6.07) is 5.33. The third-order valence-electron chi connectivity index (χ3n) is 2.11. The van der Waals surface area contributed by atoms with E-state index in [9.17, 15) is 4.79 Å². The summed E-state index contributed by atoms with van der Waals surface area (Å²) in [5.74, 6) is -0.00625. The van der Waals surface area contributed by atoms with Crippen molar-refractivity contribution < 1.29 is 4.79 Å². The van der Waals surface area contributed by atoms with Gasteiger partial charge < -0.3 is 0 Å². The van der Waals surface area contributed by atoms with Crippen molar-refractivity contribution in [3.63, 3.8) is 0 Å². The van der Waals surface area contributed by atoms with Crippen molar-refractivity contribution in [2.45, 2.75) is 24.0 Å². The molecule has 0 unspecified atom stereocenters. The first kappa shape index (κ1) is 11.7. The number of ketones is 1. The molecule has 2 rings (SSSR count). The molecule has 0 aromatic carbocycles. The van der Waals surface area contributed by atoms with E-state index in [4.69, 9.17) is 0 Å². The molecule has 0 amide bonds. The van der Waals surface area contributed by atoms with Crippen LogP contribution < -0.4 is 0 Å². The molecule has 0 radical (unpaired) electrons. The smallest absolute Gasteiger partial charge is 0.194 e. The van der Waals surface area contributed by atoms with Crippen molar-refractivity contribution in [1.82, 2.24) is 15.0 Å². The number of hydrogen-bond donors (Lipinski definition) is 0. The molecule has 0 aliphatic heterocycles. The van der Waals surface area contributed by atoms with Crippen LogP contribution in [-0.4, -0.2) is 20.7 Å². The SMILES string of the molecule is CC(=O)c1cccnc1Sc1nccc(C)n1. The van der Waals surface area contributed by atoms with Crippen LogP contribution in [0.25, 0.3) is 0 Å². The molecule has 2 heterocycles. The van der Waals surface area contributed by atoms with Crippen LogP contribution in [0.5, 0.6) is 0 Å². The second-order valence-electron chi connectivity index (χ2n) is 3.49. The van der Waals surface area contributed by atoms with Crippen molar-refractivity contribution in [3.8, 4) is 0 Å². The molecule has 0 bridgehead atoms. The molecule has 86 valence electrons. The average Bonchev–Trinajstić information content (AvgIpc) is 2.29. The van der Waals surface area contributed by atoms with Crippen molar-refractivity contribution >= 4 is 17.5 Å². The maximum absolute atomic E-state index is 11.4. The first-order valence-corrected chi connectivity index (χ1v) is 5.92. The molecule has 2 aromatic rings. The summed E-state index contributed by atoms with van der Waals surface area (Å²) in [4.78, 5) is 24.0. The number of Topliss-reactive ketones (excluding diaryl/α,β-unsaturated/α-hetero) is 1. The molecule has 0 fully saturated rings. The fraction of sp³-hybridized carbons (Fsp3) is 0.167. The molecular formula is C12H11N3OS. The third kappa shape index (κ3) is 2.88. The van der Waals surface area contributed by atoms with Crippen LogP contribution in [0.4, 0.5) is 0 Å². The lowest BCUT2D eigenvalue weighted by Crippen LogP contribution is -1.98. The molecule has 0 atom stereocenters. The van der Waals surface area contributed by atoms with E-state index in [0.29, 0.717) is 15.7 Å². The Kier molecular flexibility index (Phi) is 3.49. The predicted molar refractivity (Wildman–Crippen MR) is 65.1 cm³/mol. The lowest BCUT2D eigenvalue weighted by Gasteiger charge is -2.03. The van der Waals surface area contributed by atoms with Gasteiger partial charge in [0, 0.05) is 23.7 Å². The van der Waals surface area contributed by atoms with Gasteiger partial charge in [0.2, 0.25) is 0 Å². The van der Waals surface area contributed by atoms with Gasteiger partial charge in [0.1, 0.15) is 5.03 Å². The van der Waals surface area contributed by atoms with Gasteiger partial charge in [-0.3, -0.25) is 4.79 Å². The summed E-state index contributed by atoms with van der Waals surface area (Å²) in [7, 11) is 0. The second-order valence-corrected chi connectivity index (χ2v) is 4.45. The number of nitrogens with zero attached hydrogens (tertiary/aromatic N) is 3. The highest BCUT2D eigenvalue weighted by Crippen LogP contribution is 2.25. The zero-order valence-corrected chi connectivity index (χ0v) is 10.4. The minimum absolute atomic E-state index is 0.00625. The fourth-order valence-corrected chi connectivity index (χ4v) is 2.21. The maximum atomic E-state index is 11.4. The molecule has 0 aliphatic carbocycles. The molecule has 2 aromatic heterocycles. The number of rotatable bonds is 3. The van der Waals surface area contributed by atoms with Gasteiger partial charge in [0.15, 0.2) is 10.9 Å². The predicted octanol–water partition coefficient (Wildman–Crippen LogP) is 2.53. The molecule has 0 N–H and O–H groups in total. The monoisotopic (exact) mass is 245 g/mol. The molecule has 0 saturated heterocycles. The van der Waals surface area contributed by atoms with Crippen molar-refractivity contribution in [3.05, 3.63) is 41.9 Å². The number of aromatic nitrogens is 3. The Hall–Kier alpha value is -1.75. The van der Waals surface area contributed by atoms with Crippen molar-refractivity contribution in [1.29, 1.82) is 0 Å². The zero-order chi connectivity index (χ0) is 12.3. The van der Waals surface area contributed by atoms with E-state index in [1.54, 1.807) is 24.5 Å². The Morgan fingerprint density at radius 2 is 2.06 bits per heavy atom. The van der Waals surface area contributed by atoms with Crippen LogP contribution in [0.1, 0.15) is 23.0 Å². The highest BCUT2D eigenvalue weighted by molar-refractivity contribution is 7.99. The first-order chi connectivity index (χ1) is 8.16. The van der Waals surface area contributed by atoms with Gasteiger partial charge in [-0.15, -0.1) is 0 Å². The van der Waals surface area contributed by atoms with Gasteiger partial charge in [-0.25, -0.2) is 15.0 Å². The van der Waals surface area contributed by atoms with Crippen molar-refractivity contribution in [2.75, 3.05) is 0 Å². The summed E-state index contributed by atoms with van der Waals surface area (Å²) < 4.78 is 0. The fourth-order valence-electron chi connectivity index (χ4n) is 1.30. The summed E-state index contributed by atoms with van der Waals surface area (Å²) >= 11 is 1.30. The first-order valence-electron chi connectivity index (χ1n) is 5.10. The van der Waals surface area contributed by atoms with E-state index in [1.807, 2.05) is 13.0 Å². The number of carbonyl (C=O) groups excluding carboxylic acids is 1. The van der Waals surface area contributed by atoms with Crippen LogP contribution >= 0.6 is 11.8 Å². The van der Waals surface area contributed by atoms with Gasteiger partial charge >= 0.3 is 0 Å². The number of carbonyl (C=O) groups is 1. The van der Waals surface area contributed by atoms with Crippen LogP contribution in [-0.2, 0) is 0 Å². The number of aryl methyl sites for hydroxylation is 1. The highest BCUT2D eigenvalue weighted by Gasteiger charge is 2.10. The molecule has 0 saturated carbocycles. The van der Waals surface area contributed by atoms with Gasteiger partial charge in [-0.05, 0) is 43.8 Å². The van der Waals surface area contributed by atoms with E-state index < -0.39 is 0 Å². The van der Waals surface area contributed by atoms with Gasteiger partial charge in [-0.1, -0.05) is 0 Å². The normalized spacial score (nSPS) is 10.2. The van der Waals surface area contributed by atoms with Gasteiger partial charge in [0.05, 0.1) is 0 Å². The summed E-state index contributed by atoms with van der Waals surface area (Å²) in [5.41, 5.74) is 1.49. The molecule has 17 heavy (non-hydrogen) atoms. The maximum Gasteiger partial charge on any atom is 0.194 e. The largest absolute Gasteiger partial charge is 0.294 e. The Labute approximate surface area is 104 Å². The minimum Gasteiger partial charge on any atom is -0.294 e. The minimum atomic E-state index is -0.00625. The lowest BCUT2D eigenvalue weighted by atomic mass is 10.2. The number of pyridine rings is 1. The molecular weight excluding hydrogens is 234 g/mol. The Balaban J connectivity index is 2.33. The van der Waals surface area contributed by atoms with E-state index in [1.165, 1.54) is 18.7 Å². The molecule has 4 nitrogen and oxygen atoms in total.